The number of hydrogen-bond acceptors (Lipinski definition) is 3. The Balaban J connectivity index is 2.31. The van der Waals surface area contributed by atoms with Crippen LogP contribution in [0.5, 0.6) is 0 Å². The SMILES string of the molecule is Cc1ccc(Br)c(-c2nnc3ccc(N)cn23)c1. The van der Waals surface area contributed by atoms with Crippen molar-refractivity contribution in [1.82, 2.24) is 14.6 Å². The van der Waals surface area contributed by atoms with Gasteiger partial charge in [-0.05, 0) is 31.2 Å². The van der Waals surface area contributed by atoms with E-state index in [0.29, 0.717) is 5.69 Å². The molecule has 0 unspecified atom stereocenters. The van der Waals surface area contributed by atoms with Gasteiger partial charge in [0.15, 0.2) is 11.5 Å². The second kappa shape index (κ2) is 4.10. The summed E-state index contributed by atoms with van der Waals surface area (Å²) in [6, 6.07) is 9.81. The molecule has 0 radical (unpaired) electrons. The van der Waals surface area contributed by atoms with Gasteiger partial charge in [0.05, 0.1) is 0 Å². The van der Waals surface area contributed by atoms with Crippen molar-refractivity contribution >= 4 is 27.3 Å². The van der Waals surface area contributed by atoms with Crippen molar-refractivity contribution in [2.24, 2.45) is 0 Å². The molecule has 0 fully saturated rings. The lowest BCUT2D eigenvalue weighted by molar-refractivity contribution is 1.11. The van der Waals surface area contributed by atoms with Gasteiger partial charge in [-0.1, -0.05) is 27.6 Å². The van der Waals surface area contributed by atoms with Crippen LogP contribution in [0.15, 0.2) is 41.0 Å². The highest BCUT2D eigenvalue weighted by molar-refractivity contribution is 9.10. The van der Waals surface area contributed by atoms with E-state index in [9.17, 15) is 0 Å². The van der Waals surface area contributed by atoms with E-state index in [0.717, 1.165) is 21.5 Å². The zero-order valence-electron chi connectivity index (χ0n) is 9.76. The van der Waals surface area contributed by atoms with Gasteiger partial charge in [0.2, 0.25) is 0 Å². The third kappa shape index (κ3) is 1.76. The molecule has 0 spiro atoms. The molecule has 0 aliphatic carbocycles. The Morgan fingerprint density at radius 1 is 1.17 bits per heavy atom. The number of halogens is 1. The Hall–Kier alpha value is -1.88. The average Bonchev–Trinajstić information content (AvgIpc) is 2.75. The summed E-state index contributed by atoms with van der Waals surface area (Å²) in [6.07, 6.45) is 1.83. The first-order valence-electron chi connectivity index (χ1n) is 5.52. The molecule has 90 valence electrons. The molecular weight excluding hydrogens is 292 g/mol. The fraction of sp³-hybridized carbons (Fsp3) is 0.0769. The maximum absolute atomic E-state index is 5.81. The minimum absolute atomic E-state index is 0.687. The van der Waals surface area contributed by atoms with Crippen LogP contribution in [0.4, 0.5) is 5.69 Å². The molecule has 3 rings (SSSR count). The van der Waals surface area contributed by atoms with Gasteiger partial charge in [0.25, 0.3) is 0 Å². The number of rotatable bonds is 1. The van der Waals surface area contributed by atoms with Crippen molar-refractivity contribution in [3.8, 4) is 11.4 Å². The number of anilines is 1. The summed E-state index contributed by atoms with van der Waals surface area (Å²) in [7, 11) is 0. The average molecular weight is 303 g/mol. The Bertz CT molecular complexity index is 733. The number of nitrogen functional groups attached to an aromatic ring is 1. The molecule has 0 saturated heterocycles. The van der Waals surface area contributed by atoms with Crippen molar-refractivity contribution in [3.63, 3.8) is 0 Å². The molecule has 0 aliphatic heterocycles. The van der Waals surface area contributed by atoms with Crippen LogP contribution in [0.2, 0.25) is 0 Å². The minimum Gasteiger partial charge on any atom is -0.398 e. The predicted octanol–water partition coefficient (Wildman–Crippen LogP) is 3.05. The molecule has 2 N–H and O–H groups in total. The van der Waals surface area contributed by atoms with Gasteiger partial charge in [-0.25, -0.2) is 0 Å². The Morgan fingerprint density at radius 2 is 2.00 bits per heavy atom. The highest BCUT2D eigenvalue weighted by Gasteiger charge is 2.11. The lowest BCUT2D eigenvalue weighted by Gasteiger charge is -2.04. The predicted molar refractivity (Wildman–Crippen MR) is 75.3 cm³/mol. The Labute approximate surface area is 113 Å². The number of pyridine rings is 1. The van der Waals surface area contributed by atoms with Gasteiger partial charge in [-0.15, -0.1) is 10.2 Å². The molecule has 0 atom stereocenters. The topological polar surface area (TPSA) is 56.2 Å². The van der Waals surface area contributed by atoms with Crippen LogP contribution in [0, 0.1) is 6.92 Å². The van der Waals surface area contributed by atoms with Crippen molar-refractivity contribution in [2.45, 2.75) is 6.92 Å². The fourth-order valence-electron chi connectivity index (χ4n) is 1.90. The van der Waals surface area contributed by atoms with E-state index in [4.69, 9.17) is 5.73 Å². The first-order chi connectivity index (χ1) is 8.65. The third-order valence-electron chi connectivity index (χ3n) is 2.79. The van der Waals surface area contributed by atoms with Crippen LogP contribution in [-0.2, 0) is 0 Å². The molecule has 18 heavy (non-hydrogen) atoms. The standard InChI is InChI=1S/C13H11BrN4/c1-8-2-4-11(14)10(6-8)13-17-16-12-5-3-9(15)7-18(12)13/h2-7H,15H2,1H3. The monoisotopic (exact) mass is 302 g/mol. The van der Waals surface area contributed by atoms with Crippen LogP contribution in [0.25, 0.3) is 17.0 Å². The number of nitrogens with zero attached hydrogens (tertiary/aromatic N) is 3. The van der Waals surface area contributed by atoms with Gasteiger partial charge in [-0.2, -0.15) is 0 Å². The number of nitrogens with two attached hydrogens (primary N) is 1. The van der Waals surface area contributed by atoms with E-state index in [-0.39, 0.29) is 0 Å². The number of hydrogen-bond donors (Lipinski definition) is 1. The summed E-state index contributed by atoms with van der Waals surface area (Å²) in [4.78, 5) is 0. The molecule has 1 aromatic carbocycles. The number of aryl methyl sites for hydroxylation is 1. The smallest absolute Gasteiger partial charge is 0.169 e. The summed E-state index contributed by atoms with van der Waals surface area (Å²) < 4.78 is 2.89. The molecule has 2 aromatic heterocycles. The zero-order chi connectivity index (χ0) is 12.7. The molecule has 5 heteroatoms. The third-order valence-corrected chi connectivity index (χ3v) is 3.48. The Morgan fingerprint density at radius 3 is 2.83 bits per heavy atom. The van der Waals surface area contributed by atoms with E-state index < -0.39 is 0 Å². The van der Waals surface area contributed by atoms with E-state index >= 15 is 0 Å². The van der Waals surface area contributed by atoms with Crippen LogP contribution >= 0.6 is 15.9 Å². The largest absolute Gasteiger partial charge is 0.398 e. The Kier molecular flexibility index (Phi) is 2.56. The summed E-state index contributed by atoms with van der Waals surface area (Å²) in [5.41, 5.74) is 9.46. The van der Waals surface area contributed by atoms with Crippen LogP contribution in [-0.4, -0.2) is 14.6 Å². The van der Waals surface area contributed by atoms with Gasteiger partial charge >= 0.3 is 0 Å². The maximum Gasteiger partial charge on any atom is 0.169 e. The van der Waals surface area contributed by atoms with Gasteiger partial charge in [-0.3, -0.25) is 4.40 Å². The first kappa shape index (κ1) is 11.2. The zero-order valence-corrected chi connectivity index (χ0v) is 11.3. The maximum atomic E-state index is 5.81. The summed E-state index contributed by atoms with van der Waals surface area (Å²) in [6.45, 7) is 2.05. The summed E-state index contributed by atoms with van der Waals surface area (Å²) in [5, 5.41) is 8.38. The van der Waals surface area contributed by atoms with E-state index in [2.05, 4.69) is 32.2 Å². The highest BCUT2D eigenvalue weighted by Crippen LogP contribution is 2.28. The van der Waals surface area contributed by atoms with E-state index in [1.54, 1.807) is 0 Å². The fourth-order valence-corrected chi connectivity index (χ4v) is 2.33. The van der Waals surface area contributed by atoms with Crippen LogP contribution < -0.4 is 5.73 Å². The van der Waals surface area contributed by atoms with Crippen LogP contribution in [0.1, 0.15) is 5.56 Å². The molecule has 2 heterocycles. The quantitative estimate of drug-likeness (QED) is 0.751. The van der Waals surface area contributed by atoms with Gasteiger partial charge < -0.3 is 5.73 Å². The lowest BCUT2D eigenvalue weighted by atomic mass is 10.1. The first-order valence-corrected chi connectivity index (χ1v) is 6.31. The molecule has 0 bridgehead atoms. The number of fused-ring (bicyclic) bond motifs is 1. The molecular formula is C13H11BrN4. The summed E-state index contributed by atoms with van der Waals surface area (Å²) >= 11 is 3.54. The highest BCUT2D eigenvalue weighted by atomic mass is 79.9. The van der Waals surface area contributed by atoms with Crippen molar-refractivity contribution in [1.29, 1.82) is 0 Å². The number of aromatic nitrogens is 3. The molecule has 3 aromatic rings. The van der Waals surface area contributed by atoms with E-state index in [1.807, 2.05) is 41.8 Å². The number of benzene rings is 1. The summed E-state index contributed by atoms with van der Waals surface area (Å²) in [5.74, 6) is 0.785. The van der Waals surface area contributed by atoms with Crippen LogP contribution in [0.3, 0.4) is 0 Å². The minimum atomic E-state index is 0.687. The molecule has 0 saturated carbocycles. The van der Waals surface area contributed by atoms with Gasteiger partial charge in [0, 0.05) is 21.9 Å². The van der Waals surface area contributed by atoms with Crippen molar-refractivity contribution < 1.29 is 0 Å². The molecule has 4 nitrogen and oxygen atoms in total. The van der Waals surface area contributed by atoms with E-state index in [1.165, 1.54) is 5.56 Å². The lowest BCUT2D eigenvalue weighted by Crippen LogP contribution is -1.93. The molecule has 0 amide bonds. The van der Waals surface area contributed by atoms with Crippen molar-refractivity contribution in [3.05, 3.63) is 46.6 Å². The van der Waals surface area contributed by atoms with Crippen molar-refractivity contribution in [2.75, 3.05) is 5.73 Å². The second-order valence-electron chi connectivity index (χ2n) is 4.20. The van der Waals surface area contributed by atoms with Gasteiger partial charge in [0.1, 0.15) is 0 Å². The second-order valence-corrected chi connectivity index (χ2v) is 5.05. The molecule has 0 aliphatic rings. The normalized spacial score (nSPS) is 11.0.